The van der Waals surface area contributed by atoms with E-state index in [4.69, 9.17) is 0 Å². The number of carbonyl (C=O) groups is 2. The van der Waals surface area contributed by atoms with Crippen molar-refractivity contribution < 1.29 is 19.8 Å². The lowest BCUT2D eigenvalue weighted by atomic mass is 9.95. The van der Waals surface area contributed by atoms with Crippen molar-refractivity contribution in [1.82, 2.24) is 9.80 Å². The van der Waals surface area contributed by atoms with Crippen LogP contribution in [0.1, 0.15) is 24.0 Å². The first-order chi connectivity index (χ1) is 13.0. The van der Waals surface area contributed by atoms with Crippen LogP contribution in [0, 0.1) is 0 Å². The van der Waals surface area contributed by atoms with E-state index >= 15 is 0 Å². The first-order valence-corrected chi connectivity index (χ1v) is 9.09. The third-order valence-corrected chi connectivity index (χ3v) is 5.08. The molecule has 0 saturated carbocycles. The Morgan fingerprint density at radius 2 is 1.44 bits per heavy atom. The monoisotopic (exact) mass is 368 g/mol. The Morgan fingerprint density at radius 3 is 1.89 bits per heavy atom. The first-order valence-electron chi connectivity index (χ1n) is 9.09. The van der Waals surface area contributed by atoms with Gasteiger partial charge < -0.3 is 10.2 Å². The van der Waals surface area contributed by atoms with Crippen LogP contribution in [0.25, 0.3) is 0 Å². The second kappa shape index (κ2) is 8.68. The summed E-state index contributed by atoms with van der Waals surface area (Å²) < 4.78 is 0. The van der Waals surface area contributed by atoms with Crippen LogP contribution in [0.2, 0.25) is 0 Å². The van der Waals surface area contributed by atoms with Crippen molar-refractivity contribution in [3.05, 3.63) is 71.8 Å². The van der Waals surface area contributed by atoms with Gasteiger partial charge in [0.1, 0.15) is 6.04 Å². The summed E-state index contributed by atoms with van der Waals surface area (Å²) in [5, 5.41) is 18.8. The van der Waals surface area contributed by atoms with Crippen LogP contribution in [0.3, 0.4) is 0 Å². The molecule has 0 bridgehead atoms. The van der Waals surface area contributed by atoms with Gasteiger partial charge in [-0.05, 0) is 24.0 Å². The summed E-state index contributed by atoms with van der Waals surface area (Å²) in [6, 6.07) is 19.1. The van der Waals surface area contributed by atoms with Gasteiger partial charge in [-0.2, -0.15) is 0 Å². The Bertz CT molecular complexity index is 725. The second-order valence-electron chi connectivity index (χ2n) is 6.88. The molecule has 1 amide bonds. The quantitative estimate of drug-likeness (QED) is 0.818. The van der Waals surface area contributed by atoms with E-state index in [0.717, 1.165) is 16.0 Å². The fourth-order valence-corrected chi connectivity index (χ4v) is 3.69. The number of carboxylic acid groups (broad SMARTS) is 2. The molecule has 2 atom stereocenters. The molecule has 1 saturated heterocycles. The number of aliphatic carboxylic acids is 1. The summed E-state index contributed by atoms with van der Waals surface area (Å²) in [4.78, 5) is 26.3. The molecule has 1 aliphatic heterocycles. The van der Waals surface area contributed by atoms with Crippen molar-refractivity contribution in [1.29, 1.82) is 0 Å². The molecular formula is C21H24N2O4. The van der Waals surface area contributed by atoms with Gasteiger partial charge in [-0.25, -0.2) is 9.59 Å². The lowest BCUT2D eigenvalue weighted by molar-refractivity contribution is -0.144. The number of nitrogens with zero attached hydrogens (tertiary/aromatic N) is 2. The highest BCUT2D eigenvalue weighted by Gasteiger charge is 2.38. The van der Waals surface area contributed by atoms with Gasteiger partial charge in [-0.3, -0.25) is 9.80 Å². The lowest BCUT2D eigenvalue weighted by Crippen LogP contribution is -2.54. The highest BCUT2D eigenvalue weighted by Crippen LogP contribution is 2.25. The molecule has 2 aromatic carbocycles. The fraction of sp³-hybridized carbons (Fsp3) is 0.333. The number of amides is 1. The molecule has 0 aliphatic carbocycles. The van der Waals surface area contributed by atoms with Crippen LogP contribution in [0.5, 0.6) is 0 Å². The zero-order valence-electron chi connectivity index (χ0n) is 15.1. The topological polar surface area (TPSA) is 81.1 Å². The maximum absolute atomic E-state index is 11.6. The van der Waals surface area contributed by atoms with Crippen LogP contribution < -0.4 is 0 Å². The Hall–Kier alpha value is -2.86. The summed E-state index contributed by atoms with van der Waals surface area (Å²) in [6.45, 7) is 1.62. The van der Waals surface area contributed by atoms with Crippen LogP contribution in [0.15, 0.2) is 60.7 Å². The smallest absolute Gasteiger partial charge is 0.408 e. The number of likely N-dealkylation sites (tertiary alicyclic amines) is 1. The van der Waals surface area contributed by atoms with Crippen molar-refractivity contribution in [3.8, 4) is 0 Å². The third-order valence-electron chi connectivity index (χ3n) is 5.08. The number of carboxylic acids is 1. The van der Waals surface area contributed by atoms with Crippen LogP contribution >= 0.6 is 0 Å². The summed E-state index contributed by atoms with van der Waals surface area (Å²) >= 11 is 0. The molecule has 1 fully saturated rings. The van der Waals surface area contributed by atoms with E-state index in [1.165, 1.54) is 0 Å². The molecule has 6 heteroatoms. The fourth-order valence-electron chi connectivity index (χ4n) is 3.69. The third kappa shape index (κ3) is 4.86. The van der Waals surface area contributed by atoms with Crippen LogP contribution in [-0.4, -0.2) is 50.7 Å². The van der Waals surface area contributed by atoms with Gasteiger partial charge in [0, 0.05) is 25.7 Å². The van der Waals surface area contributed by atoms with Gasteiger partial charge in [0.25, 0.3) is 0 Å². The van der Waals surface area contributed by atoms with E-state index < -0.39 is 18.1 Å². The van der Waals surface area contributed by atoms with Crippen molar-refractivity contribution in [2.45, 2.75) is 38.0 Å². The standard InChI is InChI=1S/C21H24N2O4/c24-20(25)19-13-18(11-12-23(19)21(26)27)22(14-16-7-3-1-4-8-16)15-17-9-5-2-6-10-17/h1-10,18-19H,11-15H2,(H,24,25)(H,26,27)/t18-,19+/m0/s1. The maximum atomic E-state index is 11.6. The molecular weight excluding hydrogens is 344 g/mol. The lowest BCUT2D eigenvalue weighted by Gasteiger charge is -2.41. The summed E-state index contributed by atoms with van der Waals surface area (Å²) in [7, 11) is 0. The van der Waals surface area contributed by atoms with E-state index in [0.29, 0.717) is 25.9 Å². The van der Waals surface area contributed by atoms with E-state index in [2.05, 4.69) is 29.2 Å². The zero-order chi connectivity index (χ0) is 19.2. The van der Waals surface area contributed by atoms with E-state index in [1.54, 1.807) is 0 Å². The van der Waals surface area contributed by atoms with Crippen LogP contribution in [-0.2, 0) is 17.9 Å². The molecule has 142 valence electrons. The summed E-state index contributed by atoms with van der Waals surface area (Å²) in [5.41, 5.74) is 2.31. The summed E-state index contributed by atoms with van der Waals surface area (Å²) in [5.74, 6) is -1.08. The Morgan fingerprint density at radius 1 is 0.926 bits per heavy atom. The molecule has 1 heterocycles. The van der Waals surface area contributed by atoms with Gasteiger partial charge in [-0.15, -0.1) is 0 Å². The Labute approximate surface area is 158 Å². The number of rotatable bonds is 6. The van der Waals surface area contributed by atoms with Crippen molar-refractivity contribution in [2.75, 3.05) is 6.54 Å². The van der Waals surface area contributed by atoms with Gasteiger partial charge in [0.2, 0.25) is 0 Å². The minimum Gasteiger partial charge on any atom is -0.480 e. The predicted octanol–water partition coefficient (Wildman–Crippen LogP) is 3.28. The molecule has 1 aliphatic rings. The molecule has 0 aromatic heterocycles. The van der Waals surface area contributed by atoms with E-state index in [9.17, 15) is 19.8 Å². The van der Waals surface area contributed by atoms with Gasteiger partial charge in [0.15, 0.2) is 0 Å². The second-order valence-corrected chi connectivity index (χ2v) is 6.88. The molecule has 3 rings (SSSR count). The predicted molar refractivity (Wildman–Crippen MR) is 101 cm³/mol. The average Bonchev–Trinajstić information content (AvgIpc) is 2.68. The number of benzene rings is 2. The Balaban J connectivity index is 1.81. The average molecular weight is 368 g/mol. The zero-order valence-corrected chi connectivity index (χ0v) is 15.1. The van der Waals surface area contributed by atoms with Crippen LogP contribution in [0.4, 0.5) is 4.79 Å². The van der Waals surface area contributed by atoms with Crippen molar-refractivity contribution >= 4 is 12.1 Å². The van der Waals surface area contributed by atoms with Crippen molar-refractivity contribution in [3.63, 3.8) is 0 Å². The molecule has 6 nitrogen and oxygen atoms in total. The molecule has 2 aromatic rings. The highest BCUT2D eigenvalue weighted by molar-refractivity contribution is 5.79. The number of hydrogen-bond donors (Lipinski definition) is 2. The van der Waals surface area contributed by atoms with E-state index in [1.807, 2.05) is 36.4 Å². The largest absolute Gasteiger partial charge is 0.480 e. The molecule has 0 spiro atoms. The van der Waals surface area contributed by atoms with Crippen molar-refractivity contribution in [2.24, 2.45) is 0 Å². The number of hydrogen-bond acceptors (Lipinski definition) is 3. The van der Waals surface area contributed by atoms with E-state index in [-0.39, 0.29) is 12.6 Å². The minimum atomic E-state index is -1.17. The first kappa shape index (κ1) is 18.9. The van der Waals surface area contributed by atoms with Gasteiger partial charge in [0.05, 0.1) is 0 Å². The molecule has 27 heavy (non-hydrogen) atoms. The SMILES string of the molecule is O=C(O)[C@H]1C[C@@H](N(Cc2ccccc2)Cc2ccccc2)CCN1C(=O)O. The summed E-state index contributed by atoms with van der Waals surface area (Å²) in [6.07, 6.45) is -0.254. The molecule has 0 unspecified atom stereocenters. The normalized spacial score (nSPS) is 19.8. The maximum Gasteiger partial charge on any atom is 0.408 e. The highest BCUT2D eigenvalue weighted by atomic mass is 16.4. The Kier molecular flexibility index (Phi) is 6.08. The molecule has 0 radical (unpaired) electrons. The van der Waals surface area contributed by atoms with Gasteiger partial charge in [-0.1, -0.05) is 60.7 Å². The molecule has 2 N–H and O–H groups in total. The van der Waals surface area contributed by atoms with Gasteiger partial charge >= 0.3 is 12.1 Å². The minimum absolute atomic E-state index is 0.00196. The number of piperidine rings is 1.